The third kappa shape index (κ3) is 4.81. The van der Waals surface area contributed by atoms with E-state index in [0.29, 0.717) is 30.5 Å². The summed E-state index contributed by atoms with van der Waals surface area (Å²) in [5.74, 6) is 1.84. The minimum absolute atomic E-state index is 0.139. The Hall–Kier alpha value is -2.87. The van der Waals surface area contributed by atoms with Crippen molar-refractivity contribution >= 4 is 15.8 Å². The quantitative estimate of drug-likeness (QED) is 0.527. The van der Waals surface area contributed by atoms with Crippen LogP contribution in [0.25, 0.3) is 0 Å². The average Bonchev–Trinajstić information content (AvgIpc) is 3.02. The number of aryl methyl sites for hydroxylation is 3. The van der Waals surface area contributed by atoms with Crippen molar-refractivity contribution < 1.29 is 17.7 Å². The Morgan fingerprint density at radius 3 is 2.37 bits per heavy atom. The zero-order chi connectivity index (χ0) is 21.9. The van der Waals surface area contributed by atoms with Gasteiger partial charge in [-0.25, -0.2) is 17.7 Å². The minimum atomic E-state index is -3.76. The predicted octanol–water partition coefficient (Wildman–Crippen LogP) is 4.43. The van der Waals surface area contributed by atoms with E-state index in [1.165, 1.54) is 4.31 Å². The molecule has 0 aliphatic carbocycles. The van der Waals surface area contributed by atoms with Crippen molar-refractivity contribution in [2.75, 3.05) is 10.8 Å². The summed E-state index contributed by atoms with van der Waals surface area (Å²) in [5.41, 5.74) is 2.62. The Labute approximate surface area is 177 Å². The highest BCUT2D eigenvalue weighted by atomic mass is 32.2. The average molecular weight is 430 g/mol. The maximum Gasteiger partial charge on any atom is 0.265 e. The van der Waals surface area contributed by atoms with Gasteiger partial charge in [-0.05, 0) is 68.7 Å². The summed E-state index contributed by atoms with van der Waals surface area (Å²) in [7, 11) is -3.76. The summed E-state index contributed by atoms with van der Waals surface area (Å²) in [4.78, 5) is 4.47. The van der Waals surface area contributed by atoms with Crippen LogP contribution < -0.4 is 9.04 Å². The van der Waals surface area contributed by atoms with Crippen LogP contribution in [0.3, 0.4) is 0 Å². The number of pyridine rings is 1. The molecular formula is C22H27N3O4S. The molecule has 0 bridgehead atoms. The Kier molecular flexibility index (Phi) is 6.45. The van der Waals surface area contributed by atoms with Crippen molar-refractivity contribution in [3.63, 3.8) is 0 Å². The highest BCUT2D eigenvalue weighted by molar-refractivity contribution is 7.92. The maximum atomic E-state index is 13.3. The SMILES string of the molecule is Cc1ccnc(N(CC(C)C)S(=O)(=O)c2ccc(OCc3c(C)noc3C)cc2)c1. The number of anilines is 1. The summed E-state index contributed by atoms with van der Waals surface area (Å²) in [6, 6.07) is 10.0. The molecule has 2 aromatic heterocycles. The number of sulfonamides is 1. The molecule has 0 atom stereocenters. The van der Waals surface area contributed by atoms with E-state index in [9.17, 15) is 8.42 Å². The molecule has 0 saturated heterocycles. The summed E-state index contributed by atoms with van der Waals surface area (Å²) < 4.78 is 39.0. The molecule has 0 aliphatic heterocycles. The molecular weight excluding hydrogens is 402 g/mol. The highest BCUT2D eigenvalue weighted by Gasteiger charge is 2.27. The monoisotopic (exact) mass is 429 g/mol. The van der Waals surface area contributed by atoms with Crippen LogP contribution in [-0.2, 0) is 16.6 Å². The lowest BCUT2D eigenvalue weighted by Crippen LogP contribution is -2.35. The molecule has 7 nitrogen and oxygen atoms in total. The zero-order valence-electron chi connectivity index (χ0n) is 17.9. The van der Waals surface area contributed by atoms with Crippen molar-refractivity contribution in [2.45, 2.75) is 46.1 Å². The standard InChI is InChI=1S/C22H27N3O4S/c1-15(2)13-25(22-12-16(3)10-11-23-22)30(26,27)20-8-6-19(7-9-20)28-14-21-17(4)24-29-18(21)5/h6-12,15H,13-14H2,1-5H3. The fourth-order valence-corrected chi connectivity index (χ4v) is 4.58. The number of nitrogens with zero attached hydrogens (tertiary/aromatic N) is 3. The van der Waals surface area contributed by atoms with E-state index < -0.39 is 10.0 Å². The third-order valence-electron chi connectivity index (χ3n) is 4.66. The van der Waals surface area contributed by atoms with Gasteiger partial charge in [0.25, 0.3) is 10.0 Å². The van der Waals surface area contributed by atoms with Crippen LogP contribution in [0, 0.1) is 26.7 Å². The Bertz CT molecular complexity index is 1090. The van der Waals surface area contributed by atoms with Gasteiger partial charge < -0.3 is 9.26 Å². The number of rotatable bonds is 8. The second-order valence-corrected chi connectivity index (χ2v) is 9.55. The normalized spacial score (nSPS) is 11.7. The number of ether oxygens (including phenoxy) is 1. The molecule has 1 aromatic carbocycles. The van der Waals surface area contributed by atoms with Crippen LogP contribution in [0.1, 0.15) is 36.4 Å². The largest absolute Gasteiger partial charge is 0.489 e. The van der Waals surface area contributed by atoms with E-state index in [-0.39, 0.29) is 10.8 Å². The first-order chi connectivity index (χ1) is 14.2. The molecule has 0 unspecified atom stereocenters. The van der Waals surface area contributed by atoms with Gasteiger partial charge in [-0.3, -0.25) is 0 Å². The number of hydrogen-bond donors (Lipinski definition) is 0. The fourth-order valence-electron chi connectivity index (χ4n) is 3.00. The molecule has 30 heavy (non-hydrogen) atoms. The van der Waals surface area contributed by atoms with Crippen molar-refractivity contribution in [2.24, 2.45) is 5.92 Å². The van der Waals surface area contributed by atoms with E-state index >= 15 is 0 Å². The fraction of sp³-hybridized carbons (Fsp3) is 0.364. The highest BCUT2D eigenvalue weighted by Crippen LogP contribution is 2.26. The lowest BCUT2D eigenvalue weighted by molar-refractivity contribution is 0.301. The van der Waals surface area contributed by atoms with Gasteiger partial charge in [-0.1, -0.05) is 19.0 Å². The van der Waals surface area contributed by atoms with Crippen molar-refractivity contribution in [3.8, 4) is 5.75 Å². The van der Waals surface area contributed by atoms with Gasteiger partial charge in [0.2, 0.25) is 0 Å². The van der Waals surface area contributed by atoms with Gasteiger partial charge >= 0.3 is 0 Å². The minimum Gasteiger partial charge on any atom is -0.489 e. The molecule has 3 aromatic rings. The molecule has 0 saturated carbocycles. The van der Waals surface area contributed by atoms with Gasteiger partial charge in [0.1, 0.15) is 23.9 Å². The smallest absolute Gasteiger partial charge is 0.265 e. The summed E-state index contributed by atoms with van der Waals surface area (Å²) >= 11 is 0. The van der Waals surface area contributed by atoms with Crippen molar-refractivity contribution in [3.05, 3.63) is 65.2 Å². The maximum absolute atomic E-state index is 13.3. The molecule has 3 rings (SSSR count). The van der Waals surface area contributed by atoms with E-state index in [2.05, 4.69) is 10.1 Å². The summed E-state index contributed by atoms with van der Waals surface area (Å²) in [5, 5.41) is 3.91. The molecule has 0 amide bonds. The summed E-state index contributed by atoms with van der Waals surface area (Å²) in [6.45, 7) is 10.2. The molecule has 0 spiro atoms. The van der Waals surface area contributed by atoms with Crippen LogP contribution in [0.5, 0.6) is 5.75 Å². The lowest BCUT2D eigenvalue weighted by atomic mass is 10.2. The number of benzene rings is 1. The van der Waals surface area contributed by atoms with Crippen molar-refractivity contribution in [1.82, 2.24) is 10.1 Å². The number of hydrogen-bond acceptors (Lipinski definition) is 6. The van der Waals surface area contributed by atoms with Gasteiger partial charge in [-0.2, -0.15) is 0 Å². The van der Waals surface area contributed by atoms with Crippen LogP contribution in [-0.4, -0.2) is 25.1 Å². The van der Waals surface area contributed by atoms with E-state index in [4.69, 9.17) is 9.26 Å². The molecule has 160 valence electrons. The molecule has 0 fully saturated rings. The Morgan fingerprint density at radius 1 is 1.10 bits per heavy atom. The molecule has 0 N–H and O–H groups in total. The van der Waals surface area contributed by atoms with Gasteiger partial charge in [-0.15, -0.1) is 0 Å². The van der Waals surface area contributed by atoms with E-state index in [1.54, 1.807) is 36.5 Å². The third-order valence-corrected chi connectivity index (χ3v) is 6.45. The van der Waals surface area contributed by atoms with Crippen LogP contribution in [0.2, 0.25) is 0 Å². The second kappa shape index (κ2) is 8.87. The van der Waals surface area contributed by atoms with Gasteiger partial charge in [0.05, 0.1) is 16.2 Å². The van der Waals surface area contributed by atoms with Crippen LogP contribution in [0.15, 0.2) is 52.0 Å². The Balaban J connectivity index is 1.83. The second-order valence-electron chi connectivity index (χ2n) is 7.68. The van der Waals surface area contributed by atoms with Crippen molar-refractivity contribution in [1.29, 1.82) is 0 Å². The summed E-state index contributed by atoms with van der Waals surface area (Å²) in [6.07, 6.45) is 1.62. The first kappa shape index (κ1) is 21.8. The first-order valence-corrected chi connectivity index (χ1v) is 11.2. The van der Waals surface area contributed by atoms with Gasteiger partial charge in [0.15, 0.2) is 0 Å². The zero-order valence-corrected chi connectivity index (χ0v) is 18.7. The van der Waals surface area contributed by atoms with Gasteiger partial charge in [0, 0.05) is 12.7 Å². The van der Waals surface area contributed by atoms with Crippen LogP contribution >= 0.6 is 0 Å². The topological polar surface area (TPSA) is 85.5 Å². The Morgan fingerprint density at radius 2 is 1.80 bits per heavy atom. The van der Waals surface area contributed by atoms with Crippen LogP contribution in [0.4, 0.5) is 5.82 Å². The van der Waals surface area contributed by atoms with E-state index in [1.807, 2.05) is 40.7 Å². The lowest BCUT2D eigenvalue weighted by Gasteiger charge is -2.25. The molecule has 2 heterocycles. The molecule has 0 radical (unpaired) electrons. The predicted molar refractivity (Wildman–Crippen MR) is 115 cm³/mol. The molecule has 8 heteroatoms. The number of aromatic nitrogens is 2. The van der Waals surface area contributed by atoms with E-state index in [0.717, 1.165) is 16.8 Å². The molecule has 0 aliphatic rings. The first-order valence-electron chi connectivity index (χ1n) is 9.78.